The van der Waals surface area contributed by atoms with Gasteiger partial charge in [0.2, 0.25) is 0 Å². The maximum atomic E-state index is 5.36. The van der Waals surface area contributed by atoms with E-state index in [1.807, 2.05) is 17.8 Å². The summed E-state index contributed by atoms with van der Waals surface area (Å²) in [5.41, 5.74) is 1.55. The Balaban J connectivity index is 3.15. The molecule has 0 saturated heterocycles. The van der Waals surface area contributed by atoms with Crippen LogP contribution in [-0.2, 0) is 0 Å². The Kier molecular flexibility index (Phi) is 8.70. The lowest BCUT2D eigenvalue weighted by molar-refractivity contribution is 0.571. The first-order valence-corrected chi connectivity index (χ1v) is 5.61. The molecule has 0 radical (unpaired) electrons. The van der Waals surface area contributed by atoms with Crippen LogP contribution < -0.4 is 5.32 Å². The summed E-state index contributed by atoms with van der Waals surface area (Å²) < 4.78 is 0. The lowest BCUT2D eigenvalue weighted by atomic mass is 10.2. The minimum Gasteiger partial charge on any atom is -0.311 e. The van der Waals surface area contributed by atoms with Crippen LogP contribution in [0.3, 0.4) is 0 Å². The van der Waals surface area contributed by atoms with Gasteiger partial charge in [-0.15, -0.1) is 0 Å². The van der Waals surface area contributed by atoms with E-state index in [2.05, 4.69) is 18.5 Å². The van der Waals surface area contributed by atoms with Crippen molar-refractivity contribution in [1.29, 1.82) is 0 Å². The molecule has 0 aromatic rings. The summed E-state index contributed by atoms with van der Waals surface area (Å²) in [6.45, 7) is 3.07. The Morgan fingerprint density at radius 1 is 1.64 bits per heavy atom. The van der Waals surface area contributed by atoms with Crippen LogP contribution in [0.4, 0.5) is 0 Å². The van der Waals surface area contributed by atoms with Crippen molar-refractivity contribution in [3.05, 3.63) is 11.6 Å². The van der Waals surface area contributed by atoms with Gasteiger partial charge in [-0.05, 0) is 25.4 Å². The maximum Gasteiger partial charge on any atom is 0.0148 e. The number of thioether (sulfide) groups is 1. The predicted octanol–water partition coefficient (Wildman–Crippen LogP) is 2.47. The van der Waals surface area contributed by atoms with E-state index in [1.54, 1.807) is 5.54 Å². The van der Waals surface area contributed by atoms with Gasteiger partial charge < -0.3 is 5.32 Å². The molecule has 0 bridgehead atoms. The standard InChI is InChI=1S/C8H16ClNS/c1-8(4-7-11-2)10-6-3-5-9/h3,5,8,10H,4,6-7H2,1-2H3/b5-3+. The van der Waals surface area contributed by atoms with Crippen molar-refractivity contribution in [2.24, 2.45) is 0 Å². The highest BCUT2D eigenvalue weighted by molar-refractivity contribution is 7.98. The van der Waals surface area contributed by atoms with Crippen LogP contribution in [0.5, 0.6) is 0 Å². The first kappa shape index (κ1) is 11.3. The molecule has 0 spiro atoms. The SMILES string of the molecule is CSCCC(C)NC/C=C/Cl. The molecule has 0 aromatic carbocycles. The fraction of sp³-hybridized carbons (Fsp3) is 0.750. The topological polar surface area (TPSA) is 12.0 Å². The average molecular weight is 194 g/mol. The van der Waals surface area contributed by atoms with Gasteiger partial charge in [0.1, 0.15) is 0 Å². The van der Waals surface area contributed by atoms with E-state index in [-0.39, 0.29) is 0 Å². The van der Waals surface area contributed by atoms with Gasteiger partial charge >= 0.3 is 0 Å². The summed E-state index contributed by atoms with van der Waals surface area (Å²) >= 11 is 7.25. The molecule has 0 heterocycles. The summed E-state index contributed by atoms with van der Waals surface area (Å²) in [4.78, 5) is 0. The van der Waals surface area contributed by atoms with Crippen LogP contribution >= 0.6 is 23.4 Å². The molecule has 0 fully saturated rings. The first-order valence-electron chi connectivity index (χ1n) is 3.78. The zero-order valence-electron chi connectivity index (χ0n) is 7.14. The van der Waals surface area contributed by atoms with E-state index in [0.717, 1.165) is 6.54 Å². The Morgan fingerprint density at radius 3 is 2.91 bits per heavy atom. The van der Waals surface area contributed by atoms with Crippen molar-refractivity contribution in [2.45, 2.75) is 19.4 Å². The van der Waals surface area contributed by atoms with Gasteiger partial charge in [-0.3, -0.25) is 0 Å². The van der Waals surface area contributed by atoms with E-state index in [0.29, 0.717) is 6.04 Å². The van der Waals surface area contributed by atoms with Crippen molar-refractivity contribution < 1.29 is 0 Å². The normalized spacial score (nSPS) is 14.1. The Morgan fingerprint density at radius 2 is 2.36 bits per heavy atom. The molecule has 66 valence electrons. The number of rotatable bonds is 6. The van der Waals surface area contributed by atoms with Gasteiger partial charge in [-0.25, -0.2) is 0 Å². The highest BCUT2D eigenvalue weighted by Gasteiger charge is 1.96. The highest BCUT2D eigenvalue weighted by Crippen LogP contribution is 1.99. The van der Waals surface area contributed by atoms with Crippen LogP contribution in [0.2, 0.25) is 0 Å². The predicted molar refractivity (Wildman–Crippen MR) is 55.5 cm³/mol. The third-order valence-electron chi connectivity index (χ3n) is 1.43. The monoisotopic (exact) mass is 193 g/mol. The molecule has 0 amide bonds. The molecule has 1 unspecified atom stereocenters. The van der Waals surface area contributed by atoms with E-state index >= 15 is 0 Å². The smallest absolute Gasteiger partial charge is 0.0148 e. The van der Waals surface area contributed by atoms with Gasteiger partial charge in [0.05, 0.1) is 0 Å². The van der Waals surface area contributed by atoms with Gasteiger partial charge in [0, 0.05) is 18.1 Å². The molecule has 0 aliphatic heterocycles. The second kappa shape index (κ2) is 8.44. The molecule has 1 nitrogen and oxygen atoms in total. The van der Waals surface area contributed by atoms with E-state index in [4.69, 9.17) is 11.6 Å². The molecule has 3 heteroatoms. The van der Waals surface area contributed by atoms with E-state index in [1.165, 1.54) is 12.2 Å². The Hall–Kier alpha value is 0.340. The van der Waals surface area contributed by atoms with Crippen molar-refractivity contribution in [3.63, 3.8) is 0 Å². The molecule has 0 aliphatic rings. The molecule has 0 aliphatic carbocycles. The third kappa shape index (κ3) is 8.24. The zero-order chi connectivity index (χ0) is 8.53. The van der Waals surface area contributed by atoms with Gasteiger partial charge in [-0.2, -0.15) is 11.8 Å². The van der Waals surface area contributed by atoms with Crippen molar-refractivity contribution >= 4 is 23.4 Å². The van der Waals surface area contributed by atoms with E-state index < -0.39 is 0 Å². The van der Waals surface area contributed by atoms with Gasteiger partial charge in [0.15, 0.2) is 0 Å². The van der Waals surface area contributed by atoms with Crippen molar-refractivity contribution in [1.82, 2.24) is 5.32 Å². The van der Waals surface area contributed by atoms with Crippen molar-refractivity contribution in [3.8, 4) is 0 Å². The molecule has 1 atom stereocenters. The fourth-order valence-electron chi connectivity index (χ4n) is 0.710. The van der Waals surface area contributed by atoms with E-state index in [9.17, 15) is 0 Å². The fourth-order valence-corrected chi connectivity index (χ4v) is 1.39. The minimum absolute atomic E-state index is 0.593. The van der Waals surface area contributed by atoms with Crippen LogP contribution in [0.25, 0.3) is 0 Å². The lowest BCUT2D eigenvalue weighted by Gasteiger charge is -2.10. The molecule has 0 saturated carbocycles. The van der Waals surface area contributed by atoms with Crippen LogP contribution in [0.1, 0.15) is 13.3 Å². The maximum absolute atomic E-state index is 5.36. The summed E-state index contributed by atoms with van der Waals surface area (Å²) in [6.07, 6.45) is 5.26. The summed E-state index contributed by atoms with van der Waals surface area (Å²) in [5, 5.41) is 3.33. The highest BCUT2D eigenvalue weighted by atomic mass is 35.5. The summed E-state index contributed by atoms with van der Waals surface area (Å²) in [5.74, 6) is 1.22. The second-order valence-electron chi connectivity index (χ2n) is 2.45. The quantitative estimate of drug-likeness (QED) is 0.696. The molecule has 1 N–H and O–H groups in total. The third-order valence-corrected chi connectivity index (χ3v) is 2.25. The number of hydrogen-bond donors (Lipinski definition) is 1. The van der Waals surface area contributed by atoms with Gasteiger partial charge in [0.25, 0.3) is 0 Å². The van der Waals surface area contributed by atoms with Crippen LogP contribution in [-0.4, -0.2) is 24.6 Å². The Bertz CT molecular complexity index is 106. The minimum atomic E-state index is 0.593. The first-order chi connectivity index (χ1) is 5.31. The number of hydrogen-bond acceptors (Lipinski definition) is 2. The van der Waals surface area contributed by atoms with Crippen molar-refractivity contribution in [2.75, 3.05) is 18.6 Å². The molecule has 11 heavy (non-hydrogen) atoms. The Labute approximate surface area is 78.6 Å². The molecular weight excluding hydrogens is 178 g/mol. The molecule has 0 rings (SSSR count). The summed E-state index contributed by atoms with van der Waals surface area (Å²) in [7, 11) is 0. The summed E-state index contributed by atoms with van der Waals surface area (Å²) in [6, 6.07) is 0.593. The number of nitrogens with one attached hydrogen (secondary N) is 1. The lowest BCUT2D eigenvalue weighted by Crippen LogP contribution is -2.26. The molecule has 0 aromatic heterocycles. The zero-order valence-corrected chi connectivity index (χ0v) is 8.71. The number of halogens is 1. The second-order valence-corrected chi connectivity index (χ2v) is 3.69. The van der Waals surface area contributed by atoms with Crippen LogP contribution in [0.15, 0.2) is 11.6 Å². The van der Waals surface area contributed by atoms with Gasteiger partial charge in [-0.1, -0.05) is 17.7 Å². The molecular formula is C8H16ClNS. The van der Waals surface area contributed by atoms with Crippen LogP contribution in [0, 0.1) is 0 Å². The largest absolute Gasteiger partial charge is 0.311 e. The average Bonchev–Trinajstić information content (AvgIpc) is 2.01.